The molecule has 0 aliphatic rings. The SMILES string of the molecule is CCC(C)C(NC(=O)c1ccc(Cl)cc1)C(=O)N(C)Cc1ccc(OC)c(F)c1. The number of halogens is 2. The molecule has 2 atom stereocenters. The summed E-state index contributed by atoms with van der Waals surface area (Å²) in [7, 11) is 3.03. The molecule has 156 valence electrons. The molecular formula is C22H26ClFN2O3. The predicted molar refractivity (Wildman–Crippen MR) is 112 cm³/mol. The lowest BCUT2D eigenvalue weighted by atomic mass is 9.97. The van der Waals surface area contributed by atoms with Gasteiger partial charge >= 0.3 is 0 Å². The first kappa shape index (κ1) is 22.7. The van der Waals surface area contributed by atoms with Gasteiger partial charge in [-0.1, -0.05) is 37.9 Å². The van der Waals surface area contributed by atoms with Crippen LogP contribution in [0.3, 0.4) is 0 Å². The summed E-state index contributed by atoms with van der Waals surface area (Å²) >= 11 is 5.87. The van der Waals surface area contributed by atoms with Gasteiger partial charge in [0.05, 0.1) is 7.11 Å². The molecule has 2 aromatic carbocycles. The van der Waals surface area contributed by atoms with Crippen LogP contribution < -0.4 is 10.1 Å². The van der Waals surface area contributed by atoms with Gasteiger partial charge in [-0.25, -0.2) is 4.39 Å². The number of ether oxygens (including phenoxy) is 1. The van der Waals surface area contributed by atoms with Gasteiger partial charge in [0.1, 0.15) is 6.04 Å². The van der Waals surface area contributed by atoms with Crippen LogP contribution in [0.4, 0.5) is 4.39 Å². The molecule has 0 saturated heterocycles. The fourth-order valence-corrected chi connectivity index (χ4v) is 3.03. The van der Waals surface area contributed by atoms with Gasteiger partial charge in [-0.2, -0.15) is 0 Å². The van der Waals surface area contributed by atoms with E-state index in [4.69, 9.17) is 16.3 Å². The number of likely N-dealkylation sites (N-methyl/N-ethyl adjacent to an activating group) is 1. The Labute approximate surface area is 175 Å². The molecule has 7 heteroatoms. The van der Waals surface area contributed by atoms with Crippen molar-refractivity contribution in [1.82, 2.24) is 10.2 Å². The standard InChI is InChI=1S/C22H26ClFN2O3/c1-5-14(2)20(25-21(27)16-7-9-17(23)10-8-16)22(28)26(3)13-15-6-11-19(29-4)18(24)12-15/h6-12,14,20H,5,13H2,1-4H3,(H,25,27). The minimum atomic E-state index is -0.698. The number of benzene rings is 2. The highest BCUT2D eigenvalue weighted by Gasteiger charge is 2.29. The maximum atomic E-state index is 13.9. The third-order valence-electron chi connectivity index (χ3n) is 4.88. The number of nitrogens with one attached hydrogen (secondary N) is 1. The van der Waals surface area contributed by atoms with Crippen LogP contribution >= 0.6 is 11.6 Å². The fraction of sp³-hybridized carbons (Fsp3) is 0.364. The number of methoxy groups -OCH3 is 1. The van der Waals surface area contributed by atoms with Crippen LogP contribution in [-0.4, -0.2) is 36.9 Å². The minimum Gasteiger partial charge on any atom is -0.494 e. The van der Waals surface area contributed by atoms with E-state index in [1.54, 1.807) is 37.4 Å². The molecular weight excluding hydrogens is 395 g/mol. The van der Waals surface area contributed by atoms with Crippen molar-refractivity contribution in [1.29, 1.82) is 0 Å². The number of hydrogen-bond donors (Lipinski definition) is 1. The summed E-state index contributed by atoms with van der Waals surface area (Å²) in [6, 6.07) is 10.3. The van der Waals surface area contributed by atoms with Crippen LogP contribution in [-0.2, 0) is 11.3 Å². The molecule has 1 N–H and O–H groups in total. The van der Waals surface area contributed by atoms with Crippen molar-refractivity contribution >= 4 is 23.4 Å². The van der Waals surface area contributed by atoms with E-state index < -0.39 is 11.9 Å². The summed E-state index contributed by atoms with van der Waals surface area (Å²) in [5.74, 6) is -0.994. The lowest BCUT2D eigenvalue weighted by Gasteiger charge is -2.28. The molecule has 0 spiro atoms. The maximum Gasteiger partial charge on any atom is 0.251 e. The lowest BCUT2D eigenvalue weighted by molar-refractivity contribution is -0.133. The van der Waals surface area contributed by atoms with Crippen molar-refractivity contribution in [2.45, 2.75) is 32.9 Å². The lowest BCUT2D eigenvalue weighted by Crippen LogP contribution is -2.50. The highest BCUT2D eigenvalue weighted by molar-refractivity contribution is 6.30. The Bertz CT molecular complexity index is 858. The normalized spacial score (nSPS) is 12.8. The van der Waals surface area contributed by atoms with E-state index >= 15 is 0 Å². The first-order chi connectivity index (χ1) is 13.8. The first-order valence-electron chi connectivity index (χ1n) is 9.40. The van der Waals surface area contributed by atoms with Crippen LogP contribution in [0.25, 0.3) is 0 Å². The van der Waals surface area contributed by atoms with Crippen molar-refractivity contribution in [2.75, 3.05) is 14.2 Å². The number of hydrogen-bond acceptors (Lipinski definition) is 3. The average Bonchev–Trinajstić information content (AvgIpc) is 2.71. The molecule has 0 heterocycles. The molecule has 5 nitrogen and oxygen atoms in total. The molecule has 0 aliphatic carbocycles. The monoisotopic (exact) mass is 420 g/mol. The molecule has 29 heavy (non-hydrogen) atoms. The molecule has 0 aliphatic heterocycles. The quantitative estimate of drug-likeness (QED) is 0.693. The summed E-state index contributed by atoms with van der Waals surface area (Å²) < 4.78 is 18.9. The van der Waals surface area contributed by atoms with Gasteiger partial charge in [-0.15, -0.1) is 0 Å². The zero-order valence-electron chi connectivity index (χ0n) is 17.0. The number of carbonyl (C=O) groups excluding carboxylic acids is 2. The Morgan fingerprint density at radius 3 is 2.41 bits per heavy atom. The second-order valence-corrected chi connectivity index (χ2v) is 7.44. The highest BCUT2D eigenvalue weighted by Crippen LogP contribution is 2.19. The largest absolute Gasteiger partial charge is 0.494 e. The van der Waals surface area contributed by atoms with Gasteiger partial charge in [0.25, 0.3) is 5.91 Å². The summed E-state index contributed by atoms with van der Waals surface area (Å²) in [4.78, 5) is 27.1. The molecule has 2 rings (SSSR count). The Kier molecular flexibility index (Phi) is 8.02. The molecule has 2 unspecified atom stereocenters. The van der Waals surface area contributed by atoms with E-state index in [0.29, 0.717) is 22.6 Å². The van der Waals surface area contributed by atoms with Crippen molar-refractivity contribution in [3.8, 4) is 5.75 Å². The van der Waals surface area contributed by atoms with Crippen LogP contribution in [0.1, 0.15) is 36.2 Å². The van der Waals surface area contributed by atoms with Gasteiger partial charge in [-0.3, -0.25) is 9.59 Å². The van der Waals surface area contributed by atoms with Gasteiger partial charge in [0, 0.05) is 24.2 Å². The molecule has 0 radical (unpaired) electrons. The average molecular weight is 421 g/mol. The van der Waals surface area contributed by atoms with E-state index in [1.165, 1.54) is 24.1 Å². The van der Waals surface area contributed by atoms with E-state index in [1.807, 2.05) is 13.8 Å². The van der Waals surface area contributed by atoms with E-state index in [-0.39, 0.29) is 30.0 Å². The Morgan fingerprint density at radius 2 is 1.86 bits per heavy atom. The topological polar surface area (TPSA) is 58.6 Å². The molecule has 0 saturated carbocycles. The van der Waals surface area contributed by atoms with Crippen molar-refractivity contribution < 1.29 is 18.7 Å². The molecule has 0 fully saturated rings. The predicted octanol–water partition coefficient (Wildman–Crippen LogP) is 4.29. The fourth-order valence-electron chi connectivity index (χ4n) is 2.91. The summed E-state index contributed by atoms with van der Waals surface area (Å²) in [6.45, 7) is 4.08. The Morgan fingerprint density at radius 1 is 1.21 bits per heavy atom. The van der Waals surface area contributed by atoms with Gasteiger partial charge < -0.3 is 15.0 Å². The van der Waals surface area contributed by atoms with E-state index in [2.05, 4.69) is 5.32 Å². The molecule has 0 aromatic heterocycles. The van der Waals surface area contributed by atoms with Crippen molar-refractivity contribution in [3.05, 3.63) is 64.4 Å². The summed E-state index contributed by atoms with van der Waals surface area (Å²) in [5.41, 5.74) is 1.06. The van der Waals surface area contributed by atoms with Crippen molar-refractivity contribution in [3.63, 3.8) is 0 Å². The number of nitrogens with zero attached hydrogens (tertiary/aromatic N) is 1. The van der Waals surface area contributed by atoms with Crippen LogP contribution in [0.15, 0.2) is 42.5 Å². The first-order valence-corrected chi connectivity index (χ1v) is 9.78. The number of carbonyl (C=O) groups is 2. The minimum absolute atomic E-state index is 0.0752. The van der Waals surface area contributed by atoms with Crippen LogP contribution in [0.2, 0.25) is 5.02 Å². The zero-order chi connectivity index (χ0) is 21.6. The summed E-state index contributed by atoms with van der Waals surface area (Å²) in [5, 5.41) is 3.36. The van der Waals surface area contributed by atoms with Gasteiger partial charge in [-0.05, 0) is 47.9 Å². The molecule has 2 aromatic rings. The number of rotatable bonds is 8. The van der Waals surface area contributed by atoms with Crippen molar-refractivity contribution in [2.24, 2.45) is 5.92 Å². The second kappa shape index (κ2) is 10.3. The smallest absolute Gasteiger partial charge is 0.251 e. The Hall–Kier alpha value is -2.60. The number of amides is 2. The van der Waals surface area contributed by atoms with Gasteiger partial charge in [0.15, 0.2) is 11.6 Å². The summed E-state index contributed by atoms with van der Waals surface area (Å²) in [6.07, 6.45) is 0.711. The van der Waals surface area contributed by atoms with Gasteiger partial charge in [0.2, 0.25) is 5.91 Å². The third kappa shape index (κ3) is 5.94. The molecule has 0 bridgehead atoms. The van der Waals surface area contributed by atoms with E-state index in [9.17, 15) is 14.0 Å². The van der Waals surface area contributed by atoms with Crippen LogP contribution in [0, 0.1) is 11.7 Å². The zero-order valence-corrected chi connectivity index (χ0v) is 17.8. The Balaban J connectivity index is 2.13. The van der Waals surface area contributed by atoms with Crippen LogP contribution in [0.5, 0.6) is 5.75 Å². The molecule has 2 amide bonds. The second-order valence-electron chi connectivity index (χ2n) is 7.01. The highest BCUT2D eigenvalue weighted by atomic mass is 35.5. The maximum absolute atomic E-state index is 13.9. The van der Waals surface area contributed by atoms with E-state index in [0.717, 1.165) is 0 Å². The third-order valence-corrected chi connectivity index (χ3v) is 5.14.